The smallest absolute Gasteiger partial charge is 0.428 e. The summed E-state index contributed by atoms with van der Waals surface area (Å²) in [5.41, 5.74) is 5.39. The van der Waals surface area contributed by atoms with Crippen LogP contribution in [0, 0.1) is 13.8 Å². The molecule has 0 aliphatic rings. The molecule has 0 saturated carbocycles. The molecule has 6 nitrogen and oxygen atoms in total. The summed E-state index contributed by atoms with van der Waals surface area (Å²) in [6.07, 6.45) is -0.564. The summed E-state index contributed by atoms with van der Waals surface area (Å²) in [7, 11) is 1.88. The monoisotopic (exact) mass is 266 g/mol. The van der Waals surface area contributed by atoms with Gasteiger partial charge in [-0.15, -0.1) is 0 Å². The molecule has 0 unspecified atom stereocenters. The number of hydrogen-bond acceptors (Lipinski definition) is 4. The van der Waals surface area contributed by atoms with Gasteiger partial charge in [0.1, 0.15) is 5.60 Å². The summed E-state index contributed by atoms with van der Waals surface area (Å²) in [6, 6.07) is 0. The van der Waals surface area contributed by atoms with E-state index in [1.54, 1.807) is 25.5 Å². The van der Waals surface area contributed by atoms with Crippen LogP contribution < -0.4 is 5.43 Å². The molecule has 0 bridgehead atoms. The molecule has 1 N–H and O–H groups in total. The third-order valence-corrected chi connectivity index (χ3v) is 2.58. The largest absolute Gasteiger partial charge is 0.443 e. The molecule has 0 radical (unpaired) electrons. The van der Waals surface area contributed by atoms with Gasteiger partial charge in [0.25, 0.3) is 0 Å². The number of rotatable bonds is 2. The molecule has 1 amide bonds. The quantitative estimate of drug-likeness (QED) is 0.659. The number of aromatic nitrogens is 2. The first-order valence-electron chi connectivity index (χ1n) is 6.15. The first kappa shape index (κ1) is 15.2. The number of hydrogen-bond donors (Lipinski definition) is 1. The maximum absolute atomic E-state index is 11.5. The van der Waals surface area contributed by atoms with E-state index in [2.05, 4.69) is 15.6 Å². The van der Waals surface area contributed by atoms with Crippen molar-refractivity contribution >= 4 is 11.8 Å². The Balaban J connectivity index is 2.81. The van der Waals surface area contributed by atoms with Crippen LogP contribution >= 0.6 is 0 Å². The normalized spacial score (nSPS) is 12.5. The molecule has 1 aromatic rings. The average Bonchev–Trinajstić information content (AvgIpc) is 2.47. The van der Waals surface area contributed by atoms with Gasteiger partial charge in [-0.3, -0.25) is 4.68 Å². The highest BCUT2D eigenvalue weighted by atomic mass is 16.6. The van der Waals surface area contributed by atoms with Crippen LogP contribution in [-0.4, -0.2) is 27.2 Å². The van der Waals surface area contributed by atoms with Gasteiger partial charge in [0.05, 0.1) is 11.4 Å². The summed E-state index contributed by atoms with van der Waals surface area (Å²) < 4.78 is 6.90. The minimum atomic E-state index is -0.564. The fourth-order valence-electron chi connectivity index (χ4n) is 1.78. The number of nitrogens with one attached hydrogen (secondary N) is 1. The highest BCUT2D eigenvalue weighted by molar-refractivity contribution is 6.01. The van der Waals surface area contributed by atoms with Crippen LogP contribution in [0.3, 0.4) is 0 Å². The van der Waals surface area contributed by atoms with Crippen LogP contribution in [0.25, 0.3) is 0 Å². The van der Waals surface area contributed by atoms with Gasteiger partial charge in [-0.1, -0.05) is 0 Å². The molecule has 1 rings (SSSR count). The van der Waals surface area contributed by atoms with Gasteiger partial charge in [-0.2, -0.15) is 10.2 Å². The zero-order valence-corrected chi connectivity index (χ0v) is 12.7. The Labute approximate surface area is 113 Å². The Morgan fingerprint density at radius 1 is 1.37 bits per heavy atom. The van der Waals surface area contributed by atoms with Gasteiger partial charge in [-0.05, 0) is 41.5 Å². The topological polar surface area (TPSA) is 68.5 Å². The highest BCUT2D eigenvalue weighted by Crippen LogP contribution is 2.13. The van der Waals surface area contributed by atoms with E-state index in [-0.39, 0.29) is 0 Å². The lowest BCUT2D eigenvalue weighted by Crippen LogP contribution is -2.30. The van der Waals surface area contributed by atoms with Crippen LogP contribution in [0.1, 0.15) is 44.6 Å². The van der Waals surface area contributed by atoms with E-state index in [9.17, 15) is 4.79 Å². The van der Waals surface area contributed by atoms with Crippen molar-refractivity contribution in [1.82, 2.24) is 15.2 Å². The summed E-state index contributed by atoms with van der Waals surface area (Å²) in [5.74, 6) is 0. The SMILES string of the molecule is C/C(=N\NC(=O)OC(C)(C)C)c1c(C)nn(C)c1C. The Morgan fingerprint density at radius 2 is 1.95 bits per heavy atom. The number of ether oxygens (including phenoxy) is 1. The van der Waals surface area contributed by atoms with Crippen molar-refractivity contribution in [2.75, 3.05) is 0 Å². The summed E-state index contributed by atoms with van der Waals surface area (Å²) in [6.45, 7) is 11.1. The van der Waals surface area contributed by atoms with Gasteiger partial charge >= 0.3 is 6.09 Å². The second-order valence-corrected chi connectivity index (χ2v) is 5.48. The first-order chi connectivity index (χ1) is 8.61. The molecule has 6 heteroatoms. The highest BCUT2D eigenvalue weighted by Gasteiger charge is 2.16. The van der Waals surface area contributed by atoms with Crippen LogP contribution in [-0.2, 0) is 11.8 Å². The molecule has 0 spiro atoms. The van der Waals surface area contributed by atoms with E-state index in [1.807, 2.05) is 27.8 Å². The molecule has 1 heterocycles. The standard InChI is InChI=1S/C13H22N4O2/c1-8(11-9(2)16-17(7)10(11)3)14-15-12(18)19-13(4,5)6/h1-7H3,(H,15,18)/b14-8+. The van der Waals surface area contributed by atoms with Crippen molar-refractivity contribution in [3.05, 3.63) is 17.0 Å². The van der Waals surface area contributed by atoms with Crippen molar-refractivity contribution in [3.63, 3.8) is 0 Å². The van der Waals surface area contributed by atoms with Crippen molar-refractivity contribution in [2.24, 2.45) is 12.1 Å². The van der Waals surface area contributed by atoms with Crippen LogP contribution in [0.5, 0.6) is 0 Å². The lowest BCUT2D eigenvalue weighted by molar-refractivity contribution is 0.0529. The van der Waals surface area contributed by atoms with E-state index in [0.29, 0.717) is 5.71 Å². The van der Waals surface area contributed by atoms with E-state index in [4.69, 9.17) is 4.74 Å². The Hall–Kier alpha value is -1.85. The predicted octanol–water partition coefficient (Wildman–Crippen LogP) is 2.29. The lowest BCUT2D eigenvalue weighted by Gasteiger charge is -2.18. The molecule has 0 fully saturated rings. The number of carbonyl (C=O) groups excluding carboxylic acids is 1. The van der Waals surface area contributed by atoms with Gasteiger partial charge in [-0.25, -0.2) is 10.2 Å². The van der Waals surface area contributed by atoms with E-state index < -0.39 is 11.7 Å². The number of amides is 1. The number of nitrogens with zero attached hydrogens (tertiary/aromatic N) is 3. The van der Waals surface area contributed by atoms with Crippen molar-refractivity contribution in [2.45, 2.75) is 47.1 Å². The molecular formula is C13H22N4O2. The number of hydrazone groups is 1. The molecule has 0 aliphatic heterocycles. The summed E-state index contributed by atoms with van der Waals surface area (Å²) >= 11 is 0. The molecule has 0 saturated heterocycles. The summed E-state index contributed by atoms with van der Waals surface area (Å²) in [5, 5.41) is 8.36. The second-order valence-electron chi connectivity index (χ2n) is 5.48. The molecule has 19 heavy (non-hydrogen) atoms. The number of carbonyl (C=O) groups is 1. The minimum Gasteiger partial charge on any atom is -0.443 e. The lowest BCUT2D eigenvalue weighted by atomic mass is 10.1. The van der Waals surface area contributed by atoms with E-state index >= 15 is 0 Å². The summed E-state index contributed by atoms with van der Waals surface area (Å²) in [4.78, 5) is 11.5. The molecule has 1 aromatic heterocycles. The average molecular weight is 266 g/mol. The van der Waals surface area contributed by atoms with Gasteiger partial charge in [0.15, 0.2) is 0 Å². The zero-order chi connectivity index (χ0) is 14.8. The van der Waals surface area contributed by atoms with Crippen molar-refractivity contribution < 1.29 is 9.53 Å². The Kier molecular flexibility index (Phi) is 4.34. The van der Waals surface area contributed by atoms with Gasteiger partial charge in [0.2, 0.25) is 0 Å². The predicted molar refractivity (Wildman–Crippen MR) is 74.3 cm³/mol. The molecular weight excluding hydrogens is 244 g/mol. The van der Waals surface area contributed by atoms with E-state index in [0.717, 1.165) is 17.0 Å². The fourth-order valence-corrected chi connectivity index (χ4v) is 1.78. The second kappa shape index (κ2) is 5.42. The van der Waals surface area contributed by atoms with Crippen molar-refractivity contribution in [3.8, 4) is 0 Å². The fraction of sp³-hybridized carbons (Fsp3) is 0.615. The molecule has 106 valence electrons. The molecule has 0 atom stereocenters. The minimum absolute atomic E-state index is 0.534. The maximum atomic E-state index is 11.5. The third-order valence-electron chi connectivity index (χ3n) is 2.58. The zero-order valence-electron chi connectivity index (χ0n) is 12.7. The van der Waals surface area contributed by atoms with Crippen LogP contribution in [0.15, 0.2) is 5.10 Å². The Bertz CT molecular complexity index is 509. The van der Waals surface area contributed by atoms with Crippen LogP contribution in [0.2, 0.25) is 0 Å². The van der Waals surface area contributed by atoms with Crippen molar-refractivity contribution in [1.29, 1.82) is 0 Å². The third kappa shape index (κ3) is 4.08. The van der Waals surface area contributed by atoms with Crippen LogP contribution in [0.4, 0.5) is 4.79 Å². The maximum Gasteiger partial charge on any atom is 0.428 e. The molecule has 0 aliphatic carbocycles. The first-order valence-corrected chi connectivity index (χ1v) is 6.15. The number of aryl methyl sites for hydroxylation is 2. The van der Waals surface area contributed by atoms with E-state index in [1.165, 1.54) is 0 Å². The Morgan fingerprint density at radius 3 is 2.37 bits per heavy atom. The van der Waals surface area contributed by atoms with Gasteiger partial charge in [0, 0.05) is 18.3 Å². The molecule has 0 aromatic carbocycles. The van der Waals surface area contributed by atoms with Gasteiger partial charge < -0.3 is 4.74 Å².